The molecule has 4 nitrogen and oxygen atoms in total. The van der Waals surface area contributed by atoms with Crippen molar-refractivity contribution in [2.75, 3.05) is 0 Å². The van der Waals surface area contributed by atoms with E-state index in [1.54, 1.807) is 6.07 Å². The molecule has 0 aliphatic carbocycles. The van der Waals surface area contributed by atoms with Gasteiger partial charge in [-0.15, -0.1) is 5.10 Å². The first kappa shape index (κ1) is 8.52. The lowest BCUT2D eigenvalue weighted by molar-refractivity contribution is -0.116. The van der Waals surface area contributed by atoms with Gasteiger partial charge in [0.15, 0.2) is 5.78 Å². The molecule has 0 spiro atoms. The van der Waals surface area contributed by atoms with Gasteiger partial charge in [0.25, 0.3) is 0 Å². The molecule has 62 valence electrons. The smallest absolute Gasteiger partial charge is 0.190 e. The molecule has 1 rings (SSSR count). The van der Waals surface area contributed by atoms with Crippen LogP contribution < -0.4 is 0 Å². The molecule has 1 heterocycles. The Morgan fingerprint density at radius 1 is 1.50 bits per heavy atom. The fourth-order valence-corrected chi connectivity index (χ4v) is 0.767. The lowest BCUT2D eigenvalue weighted by atomic mass is 10.1. The van der Waals surface area contributed by atoms with Crippen molar-refractivity contribution >= 4 is 11.6 Å². The van der Waals surface area contributed by atoms with Gasteiger partial charge in [0.1, 0.15) is 11.5 Å². The summed E-state index contributed by atoms with van der Waals surface area (Å²) in [7, 11) is 0. The summed E-state index contributed by atoms with van der Waals surface area (Å²) in [5.74, 6) is -0.443. The lowest BCUT2D eigenvalue weighted by Crippen LogP contribution is -2.07. The average Bonchev–Trinajstić information content (AvgIpc) is 2.05. The number of ketones is 2. The van der Waals surface area contributed by atoms with Gasteiger partial charge >= 0.3 is 0 Å². The molecule has 1 aromatic rings. The number of rotatable bonds is 3. The first-order chi connectivity index (χ1) is 5.70. The zero-order valence-corrected chi connectivity index (χ0v) is 6.65. The SMILES string of the molecule is CC(=O)CC(=O)c1cccnn1. The number of hydrogen-bond acceptors (Lipinski definition) is 4. The van der Waals surface area contributed by atoms with Crippen LogP contribution in [0, 0.1) is 0 Å². The standard InChI is InChI=1S/C8H8N2O2/c1-6(11)5-8(12)7-3-2-4-9-10-7/h2-4H,5H2,1H3. The predicted molar refractivity (Wildman–Crippen MR) is 41.7 cm³/mol. The molecule has 0 bridgehead atoms. The van der Waals surface area contributed by atoms with Crippen molar-refractivity contribution in [1.29, 1.82) is 0 Å². The highest BCUT2D eigenvalue weighted by molar-refractivity contribution is 6.06. The van der Waals surface area contributed by atoms with Crippen molar-refractivity contribution in [3.05, 3.63) is 24.0 Å². The summed E-state index contributed by atoms with van der Waals surface area (Å²) in [5.41, 5.74) is 0.243. The van der Waals surface area contributed by atoms with Crippen LogP contribution in [0.4, 0.5) is 0 Å². The van der Waals surface area contributed by atoms with Gasteiger partial charge in [-0.2, -0.15) is 5.10 Å². The van der Waals surface area contributed by atoms with Gasteiger partial charge in [0.05, 0.1) is 6.42 Å². The van der Waals surface area contributed by atoms with Gasteiger partial charge in [-0.25, -0.2) is 0 Å². The second-order valence-corrected chi connectivity index (χ2v) is 2.41. The van der Waals surface area contributed by atoms with Crippen molar-refractivity contribution in [2.45, 2.75) is 13.3 Å². The summed E-state index contributed by atoms with van der Waals surface area (Å²) in [5, 5.41) is 7.11. The van der Waals surface area contributed by atoms with E-state index in [9.17, 15) is 9.59 Å². The molecular weight excluding hydrogens is 156 g/mol. The van der Waals surface area contributed by atoms with Crippen LogP contribution in [0.5, 0.6) is 0 Å². The maximum absolute atomic E-state index is 11.1. The summed E-state index contributed by atoms with van der Waals surface area (Å²) in [4.78, 5) is 21.7. The van der Waals surface area contributed by atoms with E-state index in [4.69, 9.17) is 0 Å². The Morgan fingerprint density at radius 2 is 2.25 bits per heavy atom. The maximum Gasteiger partial charge on any atom is 0.190 e. The minimum atomic E-state index is -0.282. The molecule has 0 unspecified atom stereocenters. The predicted octanol–water partition coefficient (Wildman–Crippen LogP) is 0.638. The largest absolute Gasteiger partial charge is 0.300 e. The van der Waals surface area contributed by atoms with Gasteiger partial charge in [0, 0.05) is 6.20 Å². The molecule has 0 fully saturated rings. The van der Waals surface area contributed by atoms with E-state index in [1.807, 2.05) is 0 Å². The van der Waals surface area contributed by atoms with E-state index in [1.165, 1.54) is 19.2 Å². The number of Topliss-reactive ketones (excluding diaryl/α,β-unsaturated/α-hetero) is 2. The van der Waals surface area contributed by atoms with Crippen LogP contribution in [-0.2, 0) is 4.79 Å². The molecule has 4 heteroatoms. The highest BCUT2D eigenvalue weighted by Gasteiger charge is 2.08. The van der Waals surface area contributed by atoms with Gasteiger partial charge in [-0.05, 0) is 19.1 Å². The highest BCUT2D eigenvalue weighted by Crippen LogP contribution is 1.97. The zero-order valence-electron chi connectivity index (χ0n) is 6.65. The minimum Gasteiger partial charge on any atom is -0.300 e. The molecular formula is C8H8N2O2. The molecule has 1 aromatic heterocycles. The molecule has 0 saturated carbocycles. The molecule has 0 aliphatic heterocycles. The van der Waals surface area contributed by atoms with Gasteiger partial charge in [-0.3, -0.25) is 9.59 Å². The van der Waals surface area contributed by atoms with Crippen LogP contribution >= 0.6 is 0 Å². The number of nitrogens with zero attached hydrogens (tertiary/aromatic N) is 2. The summed E-state index contributed by atoms with van der Waals surface area (Å²) in [6, 6.07) is 3.15. The first-order valence-corrected chi connectivity index (χ1v) is 3.50. The average molecular weight is 164 g/mol. The number of carbonyl (C=O) groups excluding carboxylic acids is 2. The first-order valence-electron chi connectivity index (χ1n) is 3.50. The van der Waals surface area contributed by atoms with Gasteiger partial charge < -0.3 is 0 Å². The van der Waals surface area contributed by atoms with Crippen LogP contribution in [0.3, 0.4) is 0 Å². The Bertz CT molecular complexity index is 295. The third-order valence-electron chi connectivity index (χ3n) is 1.27. The van der Waals surface area contributed by atoms with Crippen LogP contribution in [-0.4, -0.2) is 21.8 Å². The quantitative estimate of drug-likeness (QED) is 0.485. The van der Waals surface area contributed by atoms with Crippen molar-refractivity contribution < 1.29 is 9.59 Å². The van der Waals surface area contributed by atoms with Crippen molar-refractivity contribution in [1.82, 2.24) is 10.2 Å². The molecule has 0 N–H and O–H groups in total. The Hall–Kier alpha value is -1.58. The van der Waals surface area contributed by atoms with E-state index in [2.05, 4.69) is 10.2 Å². The molecule has 0 radical (unpaired) electrons. The number of carbonyl (C=O) groups is 2. The topological polar surface area (TPSA) is 59.9 Å². The van der Waals surface area contributed by atoms with Crippen LogP contribution in [0.2, 0.25) is 0 Å². The molecule has 0 aromatic carbocycles. The summed E-state index contributed by atoms with van der Waals surface area (Å²) in [6.45, 7) is 1.37. The monoisotopic (exact) mass is 164 g/mol. The Morgan fingerprint density at radius 3 is 2.75 bits per heavy atom. The van der Waals surface area contributed by atoms with Gasteiger partial charge in [0.2, 0.25) is 0 Å². The molecule has 0 aliphatic rings. The molecule has 0 amide bonds. The highest BCUT2D eigenvalue weighted by atomic mass is 16.1. The third-order valence-corrected chi connectivity index (χ3v) is 1.27. The third kappa shape index (κ3) is 2.23. The van der Waals surface area contributed by atoms with E-state index < -0.39 is 0 Å². The second kappa shape index (κ2) is 3.71. The summed E-state index contributed by atoms with van der Waals surface area (Å²) >= 11 is 0. The summed E-state index contributed by atoms with van der Waals surface area (Å²) < 4.78 is 0. The van der Waals surface area contributed by atoms with E-state index >= 15 is 0 Å². The number of hydrogen-bond donors (Lipinski definition) is 0. The van der Waals surface area contributed by atoms with E-state index in [0.717, 1.165) is 0 Å². The molecule has 0 saturated heterocycles. The maximum atomic E-state index is 11.1. The Balaban J connectivity index is 2.73. The van der Waals surface area contributed by atoms with Crippen LogP contribution in [0.25, 0.3) is 0 Å². The van der Waals surface area contributed by atoms with E-state index in [0.29, 0.717) is 0 Å². The Labute approximate surface area is 69.6 Å². The number of aromatic nitrogens is 2. The van der Waals surface area contributed by atoms with Crippen molar-refractivity contribution in [2.24, 2.45) is 0 Å². The molecule has 0 atom stereocenters. The lowest BCUT2D eigenvalue weighted by Gasteiger charge is -1.93. The molecule has 12 heavy (non-hydrogen) atoms. The van der Waals surface area contributed by atoms with Crippen molar-refractivity contribution in [3.63, 3.8) is 0 Å². The normalized spacial score (nSPS) is 9.42. The van der Waals surface area contributed by atoms with Gasteiger partial charge in [-0.1, -0.05) is 0 Å². The second-order valence-electron chi connectivity index (χ2n) is 2.41. The minimum absolute atomic E-state index is 0.0985. The fourth-order valence-electron chi connectivity index (χ4n) is 0.767. The van der Waals surface area contributed by atoms with E-state index in [-0.39, 0.29) is 23.7 Å². The van der Waals surface area contributed by atoms with Crippen LogP contribution in [0.15, 0.2) is 18.3 Å². The summed E-state index contributed by atoms with van der Waals surface area (Å²) in [6.07, 6.45) is 1.38. The van der Waals surface area contributed by atoms with Crippen LogP contribution in [0.1, 0.15) is 23.8 Å². The zero-order chi connectivity index (χ0) is 8.97. The van der Waals surface area contributed by atoms with Crippen molar-refractivity contribution in [3.8, 4) is 0 Å². The Kier molecular flexibility index (Phi) is 2.63. The fraction of sp³-hybridized carbons (Fsp3) is 0.250.